The van der Waals surface area contributed by atoms with E-state index in [1.807, 2.05) is 36.4 Å². The second-order valence-corrected chi connectivity index (χ2v) is 7.85. The summed E-state index contributed by atoms with van der Waals surface area (Å²) in [5.74, 6) is 0.827. The van der Waals surface area contributed by atoms with Crippen molar-refractivity contribution in [1.82, 2.24) is 4.98 Å². The second kappa shape index (κ2) is 7.75. The first-order valence-corrected chi connectivity index (χ1v) is 10.4. The summed E-state index contributed by atoms with van der Waals surface area (Å²) in [7, 11) is 0. The highest BCUT2D eigenvalue weighted by molar-refractivity contribution is 6.13. The average molecular weight is 397 g/mol. The van der Waals surface area contributed by atoms with Gasteiger partial charge in [0.2, 0.25) is 5.90 Å². The van der Waals surface area contributed by atoms with Crippen LogP contribution in [-0.2, 0) is 9.53 Å². The number of benzene rings is 2. The third-order valence-corrected chi connectivity index (χ3v) is 5.57. The highest BCUT2D eigenvalue weighted by atomic mass is 16.6. The van der Waals surface area contributed by atoms with Crippen LogP contribution >= 0.6 is 0 Å². The van der Waals surface area contributed by atoms with Gasteiger partial charge in [-0.25, -0.2) is 14.8 Å². The maximum absolute atomic E-state index is 12.5. The van der Waals surface area contributed by atoms with Crippen LogP contribution in [0, 0.1) is 6.92 Å². The minimum atomic E-state index is -0.428. The summed E-state index contributed by atoms with van der Waals surface area (Å²) in [6.45, 7) is 4.02. The monoisotopic (exact) mass is 397 g/mol. The largest absolute Gasteiger partial charge is 0.402 e. The SMILES string of the molecule is Cc1ccc2nc(N3CCCCC3)c(C=C3N=C(c4ccccc4)OC3=O)cc2c1. The maximum Gasteiger partial charge on any atom is 0.363 e. The molecule has 0 radical (unpaired) electrons. The molecule has 0 amide bonds. The molecular formula is C25H23N3O2. The smallest absolute Gasteiger partial charge is 0.363 e. The van der Waals surface area contributed by atoms with E-state index < -0.39 is 5.97 Å². The highest BCUT2D eigenvalue weighted by Crippen LogP contribution is 2.30. The number of carbonyl (C=O) groups excluding carboxylic acids is 1. The van der Waals surface area contributed by atoms with E-state index in [1.54, 1.807) is 0 Å². The molecule has 3 aromatic rings. The third-order valence-electron chi connectivity index (χ3n) is 5.57. The molecular weight excluding hydrogens is 374 g/mol. The van der Waals surface area contributed by atoms with E-state index in [-0.39, 0.29) is 0 Å². The Balaban J connectivity index is 1.61. The first-order chi connectivity index (χ1) is 14.7. The van der Waals surface area contributed by atoms with Gasteiger partial charge < -0.3 is 9.64 Å². The number of aryl methyl sites for hydroxylation is 1. The molecule has 0 N–H and O–H groups in total. The van der Waals surface area contributed by atoms with Crippen LogP contribution in [0.5, 0.6) is 0 Å². The first kappa shape index (κ1) is 18.6. The van der Waals surface area contributed by atoms with E-state index in [4.69, 9.17) is 9.72 Å². The van der Waals surface area contributed by atoms with Crippen LogP contribution in [0.1, 0.15) is 36.0 Å². The van der Waals surface area contributed by atoms with Crippen molar-refractivity contribution in [3.8, 4) is 0 Å². The molecule has 0 bridgehead atoms. The van der Waals surface area contributed by atoms with Crippen LogP contribution in [0.3, 0.4) is 0 Å². The number of piperidine rings is 1. The Labute approximate surface area is 175 Å². The summed E-state index contributed by atoms with van der Waals surface area (Å²) < 4.78 is 5.43. The van der Waals surface area contributed by atoms with Crippen molar-refractivity contribution in [1.29, 1.82) is 0 Å². The molecule has 0 atom stereocenters. The molecule has 3 heterocycles. The zero-order valence-corrected chi connectivity index (χ0v) is 17.0. The number of esters is 1. The number of hydrogen-bond donors (Lipinski definition) is 0. The fourth-order valence-corrected chi connectivity index (χ4v) is 4.03. The minimum Gasteiger partial charge on any atom is -0.402 e. The lowest BCUT2D eigenvalue weighted by molar-refractivity contribution is -0.129. The van der Waals surface area contributed by atoms with Crippen molar-refractivity contribution < 1.29 is 9.53 Å². The van der Waals surface area contributed by atoms with E-state index >= 15 is 0 Å². The number of ether oxygens (including phenoxy) is 1. The molecule has 0 saturated carbocycles. The quantitative estimate of drug-likeness (QED) is 0.467. The van der Waals surface area contributed by atoms with Gasteiger partial charge >= 0.3 is 5.97 Å². The van der Waals surface area contributed by atoms with Crippen LogP contribution in [0.25, 0.3) is 17.0 Å². The highest BCUT2D eigenvalue weighted by Gasteiger charge is 2.25. The number of aromatic nitrogens is 1. The van der Waals surface area contributed by atoms with Crippen LogP contribution < -0.4 is 4.90 Å². The number of cyclic esters (lactones) is 1. The van der Waals surface area contributed by atoms with Crippen molar-refractivity contribution in [2.24, 2.45) is 4.99 Å². The van der Waals surface area contributed by atoms with Gasteiger partial charge in [0.1, 0.15) is 5.82 Å². The lowest BCUT2D eigenvalue weighted by atomic mass is 10.1. The molecule has 1 fully saturated rings. The molecule has 1 aromatic heterocycles. The van der Waals surface area contributed by atoms with Crippen molar-refractivity contribution in [3.05, 3.63) is 77.0 Å². The van der Waals surface area contributed by atoms with E-state index in [0.717, 1.165) is 53.8 Å². The summed E-state index contributed by atoms with van der Waals surface area (Å²) in [5, 5.41) is 1.06. The number of fused-ring (bicyclic) bond motifs is 1. The van der Waals surface area contributed by atoms with E-state index in [9.17, 15) is 4.79 Å². The predicted octanol–water partition coefficient (Wildman–Crippen LogP) is 4.88. The fraction of sp³-hybridized carbons (Fsp3) is 0.240. The maximum atomic E-state index is 12.5. The van der Waals surface area contributed by atoms with Gasteiger partial charge in [-0.05, 0) is 62.6 Å². The van der Waals surface area contributed by atoms with Crippen molar-refractivity contribution in [3.63, 3.8) is 0 Å². The number of carbonyl (C=O) groups is 1. The molecule has 5 heteroatoms. The van der Waals surface area contributed by atoms with Crippen LogP contribution in [0.15, 0.2) is 65.3 Å². The zero-order valence-electron chi connectivity index (χ0n) is 17.0. The van der Waals surface area contributed by atoms with E-state index in [2.05, 4.69) is 41.1 Å². The molecule has 0 unspecified atom stereocenters. The number of hydrogen-bond acceptors (Lipinski definition) is 5. The summed E-state index contributed by atoms with van der Waals surface area (Å²) in [6, 6.07) is 17.9. The molecule has 150 valence electrons. The Morgan fingerprint density at radius 3 is 2.60 bits per heavy atom. The average Bonchev–Trinajstić information content (AvgIpc) is 3.15. The number of aliphatic imine (C=N–C) groups is 1. The van der Waals surface area contributed by atoms with Crippen LogP contribution in [-0.4, -0.2) is 29.9 Å². The Hall–Kier alpha value is -3.47. The number of rotatable bonds is 3. The van der Waals surface area contributed by atoms with Gasteiger partial charge in [-0.2, -0.15) is 0 Å². The molecule has 0 spiro atoms. The Kier molecular flexibility index (Phi) is 4.79. The Morgan fingerprint density at radius 2 is 1.80 bits per heavy atom. The molecule has 2 aromatic carbocycles. The zero-order chi connectivity index (χ0) is 20.5. The standard InChI is InChI=1S/C25H23N3O2/c1-17-10-11-21-19(14-17)15-20(23(26-21)28-12-6-3-7-13-28)16-22-25(29)30-24(27-22)18-8-4-2-5-9-18/h2,4-5,8-11,14-16H,3,6-7,12-13H2,1H3. The summed E-state index contributed by atoms with van der Waals surface area (Å²) >= 11 is 0. The molecule has 5 rings (SSSR count). The second-order valence-electron chi connectivity index (χ2n) is 7.85. The predicted molar refractivity (Wildman–Crippen MR) is 120 cm³/mol. The molecule has 0 aliphatic carbocycles. The van der Waals surface area contributed by atoms with Crippen molar-refractivity contribution in [2.75, 3.05) is 18.0 Å². The number of nitrogens with zero attached hydrogens (tertiary/aromatic N) is 3. The van der Waals surface area contributed by atoms with Gasteiger partial charge in [0.25, 0.3) is 0 Å². The topological polar surface area (TPSA) is 54.8 Å². The Bertz CT molecular complexity index is 1180. The number of anilines is 1. The molecule has 5 nitrogen and oxygen atoms in total. The van der Waals surface area contributed by atoms with Crippen LogP contribution in [0.4, 0.5) is 5.82 Å². The van der Waals surface area contributed by atoms with Gasteiger partial charge in [-0.3, -0.25) is 0 Å². The normalized spacial score (nSPS) is 18.0. The summed E-state index contributed by atoms with van der Waals surface area (Å²) in [4.78, 5) is 24.3. The summed E-state index contributed by atoms with van der Waals surface area (Å²) in [6.07, 6.45) is 5.37. The fourth-order valence-electron chi connectivity index (χ4n) is 4.03. The number of pyridine rings is 1. The lowest BCUT2D eigenvalue weighted by Crippen LogP contribution is -2.30. The van der Waals surface area contributed by atoms with Gasteiger partial charge in [0, 0.05) is 29.6 Å². The van der Waals surface area contributed by atoms with Gasteiger partial charge in [0.05, 0.1) is 5.52 Å². The van der Waals surface area contributed by atoms with Gasteiger partial charge in [-0.1, -0.05) is 29.8 Å². The molecule has 2 aliphatic heterocycles. The van der Waals surface area contributed by atoms with Crippen LogP contribution in [0.2, 0.25) is 0 Å². The van der Waals surface area contributed by atoms with Crippen molar-refractivity contribution in [2.45, 2.75) is 26.2 Å². The molecule has 1 saturated heterocycles. The lowest BCUT2D eigenvalue weighted by Gasteiger charge is -2.29. The molecule has 2 aliphatic rings. The minimum absolute atomic E-state index is 0.306. The summed E-state index contributed by atoms with van der Waals surface area (Å²) in [5.41, 5.74) is 4.14. The van der Waals surface area contributed by atoms with E-state index in [1.165, 1.54) is 12.0 Å². The van der Waals surface area contributed by atoms with Gasteiger partial charge in [0.15, 0.2) is 5.70 Å². The van der Waals surface area contributed by atoms with E-state index in [0.29, 0.717) is 11.6 Å². The van der Waals surface area contributed by atoms with Gasteiger partial charge in [-0.15, -0.1) is 0 Å². The third kappa shape index (κ3) is 3.59. The Morgan fingerprint density at radius 1 is 1.00 bits per heavy atom. The van der Waals surface area contributed by atoms with Crippen molar-refractivity contribution >= 4 is 34.7 Å². The first-order valence-electron chi connectivity index (χ1n) is 10.4. The molecule has 30 heavy (non-hydrogen) atoms.